The smallest absolute Gasteiger partial charge is 0.221 e. The SMILES string of the molecule is CC(=O)NC1=CC(=O)C(C)C(=O)C1C. The van der Waals surface area contributed by atoms with Crippen LogP contribution in [0.5, 0.6) is 0 Å². The first-order valence-corrected chi connectivity index (χ1v) is 4.50. The van der Waals surface area contributed by atoms with E-state index in [0.717, 1.165) is 0 Å². The average Bonchev–Trinajstić information content (AvgIpc) is 2.10. The predicted molar refractivity (Wildman–Crippen MR) is 50.2 cm³/mol. The zero-order chi connectivity index (χ0) is 10.9. The van der Waals surface area contributed by atoms with E-state index >= 15 is 0 Å². The van der Waals surface area contributed by atoms with Crippen molar-refractivity contribution in [3.05, 3.63) is 11.8 Å². The van der Waals surface area contributed by atoms with Gasteiger partial charge in [0.2, 0.25) is 5.91 Å². The first kappa shape index (κ1) is 10.6. The van der Waals surface area contributed by atoms with Gasteiger partial charge >= 0.3 is 0 Å². The molecule has 1 aliphatic rings. The van der Waals surface area contributed by atoms with Crippen LogP contribution in [0.3, 0.4) is 0 Å². The zero-order valence-corrected chi connectivity index (χ0v) is 8.46. The van der Waals surface area contributed by atoms with Crippen LogP contribution in [0.25, 0.3) is 0 Å². The Bertz CT molecular complexity index is 330. The van der Waals surface area contributed by atoms with Crippen molar-refractivity contribution in [1.29, 1.82) is 0 Å². The van der Waals surface area contributed by atoms with E-state index in [4.69, 9.17) is 0 Å². The summed E-state index contributed by atoms with van der Waals surface area (Å²) >= 11 is 0. The second-order valence-corrected chi connectivity index (χ2v) is 3.53. The minimum absolute atomic E-state index is 0.138. The lowest BCUT2D eigenvalue weighted by Crippen LogP contribution is -2.37. The number of hydrogen-bond donors (Lipinski definition) is 1. The van der Waals surface area contributed by atoms with Gasteiger partial charge in [-0.1, -0.05) is 0 Å². The standard InChI is InChI=1S/C10H13NO3/c1-5-8(11-7(3)12)4-9(13)6(2)10(5)14/h4-6H,1-3H3,(H,11,12). The Labute approximate surface area is 82.4 Å². The van der Waals surface area contributed by atoms with Crippen molar-refractivity contribution in [2.75, 3.05) is 0 Å². The van der Waals surface area contributed by atoms with E-state index in [1.807, 2.05) is 0 Å². The third kappa shape index (κ3) is 1.89. The Balaban J connectivity index is 2.95. The number of nitrogens with one attached hydrogen (secondary N) is 1. The molecule has 0 saturated carbocycles. The van der Waals surface area contributed by atoms with Gasteiger partial charge in [-0.3, -0.25) is 14.4 Å². The lowest BCUT2D eigenvalue weighted by molar-refractivity contribution is -0.132. The summed E-state index contributed by atoms with van der Waals surface area (Å²) in [5.74, 6) is -1.62. The first-order chi connectivity index (χ1) is 6.43. The minimum Gasteiger partial charge on any atom is -0.329 e. The number of carbonyl (C=O) groups excluding carboxylic acids is 3. The molecule has 4 heteroatoms. The van der Waals surface area contributed by atoms with E-state index in [9.17, 15) is 14.4 Å². The van der Waals surface area contributed by atoms with Crippen molar-refractivity contribution in [3.63, 3.8) is 0 Å². The van der Waals surface area contributed by atoms with Crippen molar-refractivity contribution < 1.29 is 14.4 Å². The number of ketones is 2. The highest BCUT2D eigenvalue weighted by molar-refractivity contribution is 6.12. The summed E-state index contributed by atoms with van der Waals surface area (Å²) in [6.45, 7) is 4.62. The monoisotopic (exact) mass is 195 g/mol. The lowest BCUT2D eigenvalue weighted by Gasteiger charge is -2.22. The second-order valence-electron chi connectivity index (χ2n) is 3.53. The Morgan fingerprint density at radius 3 is 2.36 bits per heavy atom. The fraction of sp³-hybridized carbons (Fsp3) is 0.500. The molecule has 0 radical (unpaired) electrons. The number of rotatable bonds is 1. The molecule has 1 amide bonds. The molecule has 0 spiro atoms. The molecule has 14 heavy (non-hydrogen) atoms. The molecule has 0 aromatic heterocycles. The van der Waals surface area contributed by atoms with Crippen molar-refractivity contribution in [1.82, 2.24) is 5.32 Å². The minimum atomic E-state index is -0.581. The van der Waals surface area contributed by atoms with Crippen LogP contribution in [0.15, 0.2) is 11.8 Å². The van der Waals surface area contributed by atoms with Crippen LogP contribution < -0.4 is 5.32 Å². The molecule has 0 saturated heterocycles. The van der Waals surface area contributed by atoms with E-state index < -0.39 is 11.8 Å². The lowest BCUT2D eigenvalue weighted by atomic mass is 9.84. The highest BCUT2D eigenvalue weighted by Gasteiger charge is 2.32. The maximum atomic E-state index is 11.5. The molecule has 2 unspecified atom stereocenters. The Hall–Kier alpha value is -1.45. The Morgan fingerprint density at radius 1 is 1.29 bits per heavy atom. The van der Waals surface area contributed by atoms with E-state index in [0.29, 0.717) is 5.70 Å². The van der Waals surface area contributed by atoms with E-state index in [1.54, 1.807) is 13.8 Å². The van der Waals surface area contributed by atoms with Gasteiger partial charge in [-0.2, -0.15) is 0 Å². The molecule has 1 rings (SSSR count). The van der Waals surface area contributed by atoms with Crippen molar-refractivity contribution in [2.24, 2.45) is 11.8 Å². The number of hydrogen-bond acceptors (Lipinski definition) is 3. The largest absolute Gasteiger partial charge is 0.329 e. The number of allylic oxidation sites excluding steroid dienone is 2. The molecule has 0 aromatic rings. The van der Waals surface area contributed by atoms with E-state index in [2.05, 4.69) is 5.32 Å². The molecule has 76 valence electrons. The molecule has 0 heterocycles. The normalized spacial score (nSPS) is 27.2. The molecule has 1 N–H and O–H groups in total. The van der Waals surface area contributed by atoms with Gasteiger partial charge in [0.05, 0.1) is 11.8 Å². The third-order valence-electron chi connectivity index (χ3n) is 2.36. The molecule has 0 aliphatic heterocycles. The molecule has 0 bridgehead atoms. The van der Waals surface area contributed by atoms with Crippen LogP contribution in [0.4, 0.5) is 0 Å². The first-order valence-electron chi connectivity index (χ1n) is 4.50. The number of carbonyl (C=O) groups is 3. The van der Waals surface area contributed by atoms with Crippen molar-refractivity contribution >= 4 is 17.5 Å². The molecule has 4 nitrogen and oxygen atoms in total. The summed E-state index contributed by atoms with van der Waals surface area (Å²) in [5.41, 5.74) is 0.408. The summed E-state index contributed by atoms with van der Waals surface area (Å²) in [6.07, 6.45) is 1.35. The van der Waals surface area contributed by atoms with Crippen LogP contribution in [-0.4, -0.2) is 17.5 Å². The van der Waals surface area contributed by atoms with Gasteiger partial charge in [0, 0.05) is 18.7 Å². The quantitative estimate of drug-likeness (QED) is 0.617. The van der Waals surface area contributed by atoms with E-state index in [1.165, 1.54) is 13.0 Å². The van der Waals surface area contributed by atoms with E-state index in [-0.39, 0.29) is 17.5 Å². The van der Waals surface area contributed by atoms with Crippen LogP contribution >= 0.6 is 0 Å². The number of amides is 1. The highest BCUT2D eigenvalue weighted by atomic mass is 16.2. The zero-order valence-electron chi connectivity index (χ0n) is 8.46. The molecular weight excluding hydrogens is 182 g/mol. The highest BCUT2D eigenvalue weighted by Crippen LogP contribution is 2.21. The summed E-state index contributed by atoms with van der Waals surface area (Å²) in [7, 11) is 0. The summed E-state index contributed by atoms with van der Waals surface area (Å²) in [5, 5.41) is 2.49. The van der Waals surface area contributed by atoms with Crippen LogP contribution in [0.1, 0.15) is 20.8 Å². The van der Waals surface area contributed by atoms with Crippen molar-refractivity contribution in [2.45, 2.75) is 20.8 Å². The predicted octanol–water partition coefficient (Wildman–Crippen LogP) is 0.430. The van der Waals surface area contributed by atoms with Gasteiger partial charge in [0.1, 0.15) is 0 Å². The van der Waals surface area contributed by atoms with Crippen LogP contribution in [0, 0.1) is 11.8 Å². The maximum Gasteiger partial charge on any atom is 0.221 e. The molecule has 0 aromatic carbocycles. The summed E-state index contributed by atoms with van der Waals surface area (Å²) in [6, 6.07) is 0. The molecule has 2 atom stereocenters. The van der Waals surface area contributed by atoms with Gasteiger partial charge in [0.15, 0.2) is 11.6 Å². The number of Topliss-reactive ketones (excluding diaryl/α,β-unsaturated/α-hetero) is 1. The summed E-state index contributed by atoms with van der Waals surface area (Å²) < 4.78 is 0. The third-order valence-corrected chi connectivity index (χ3v) is 2.36. The maximum absolute atomic E-state index is 11.5. The van der Waals surface area contributed by atoms with Gasteiger partial charge in [-0.15, -0.1) is 0 Å². The van der Waals surface area contributed by atoms with Gasteiger partial charge in [-0.05, 0) is 13.8 Å². The Kier molecular flexibility index (Phi) is 2.84. The molecule has 0 fully saturated rings. The van der Waals surface area contributed by atoms with Gasteiger partial charge in [0.25, 0.3) is 0 Å². The second kappa shape index (κ2) is 3.74. The topological polar surface area (TPSA) is 63.2 Å². The van der Waals surface area contributed by atoms with Crippen molar-refractivity contribution in [3.8, 4) is 0 Å². The van der Waals surface area contributed by atoms with Crippen LogP contribution in [-0.2, 0) is 14.4 Å². The molecular formula is C10H13NO3. The molecule has 1 aliphatic carbocycles. The Morgan fingerprint density at radius 2 is 1.86 bits per heavy atom. The summed E-state index contributed by atoms with van der Waals surface area (Å²) in [4.78, 5) is 33.6. The fourth-order valence-electron chi connectivity index (χ4n) is 1.42. The fourth-order valence-corrected chi connectivity index (χ4v) is 1.42. The van der Waals surface area contributed by atoms with Gasteiger partial charge in [-0.25, -0.2) is 0 Å². The van der Waals surface area contributed by atoms with Gasteiger partial charge < -0.3 is 5.32 Å². The average molecular weight is 195 g/mol. The van der Waals surface area contributed by atoms with Crippen LogP contribution in [0.2, 0.25) is 0 Å².